The Balaban J connectivity index is 1.87. The number of allylic oxidation sites excluding steroid dienone is 1. The third-order valence-corrected chi connectivity index (χ3v) is 4.04. The van der Waals surface area contributed by atoms with Crippen molar-refractivity contribution in [2.24, 2.45) is 10.9 Å². The Kier molecular flexibility index (Phi) is 7.42. The van der Waals surface area contributed by atoms with Gasteiger partial charge < -0.3 is 4.90 Å². The summed E-state index contributed by atoms with van der Waals surface area (Å²) in [6, 6.07) is 5.92. The number of unbranched alkanes of at least 4 members (excludes halogenated alkanes) is 3. The van der Waals surface area contributed by atoms with E-state index in [1.807, 2.05) is 24.4 Å². The Hall–Kier alpha value is -2.21. The molecule has 2 rings (SSSR count). The van der Waals surface area contributed by atoms with Crippen molar-refractivity contribution in [3.63, 3.8) is 0 Å². The summed E-state index contributed by atoms with van der Waals surface area (Å²) in [6.07, 6.45) is 10.9. The summed E-state index contributed by atoms with van der Waals surface area (Å²) in [5, 5.41) is 8.47. The number of anilines is 1. The normalized spacial score (nSPS) is 16.6. The molecule has 1 atom stereocenters. The molecule has 1 aliphatic rings. The van der Waals surface area contributed by atoms with Crippen LogP contribution in [0.4, 0.5) is 5.82 Å². The van der Waals surface area contributed by atoms with Crippen LogP contribution in [0.25, 0.3) is 0 Å². The topological polar surface area (TPSA) is 77.8 Å². The quantitative estimate of drug-likeness (QED) is 0.435. The van der Waals surface area contributed by atoms with Crippen molar-refractivity contribution >= 4 is 17.6 Å². The maximum Gasteiger partial charge on any atom is 0.243 e. The predicted octanol–water partition coefficient (Wildman–Crippen LogP) is 3.30. The second-order valence-electron chi connectivity index (χ2n) is 6.11. The van der Waals surface area contributed by atoms with Gasteiger partial charge in [-0.3, -0.25) is 10.0 Å². The third-order valence-electron chi connectivity index (χ3n) is 4.04. The molecule has 2 heterocycles. The van der Waals surface area contributed by atoms with E-state index < -0.39 is 0 Å². The first kappa shape index (κ1) is 18.1. The minimum absolute atomic E-state index is 0.317. The van der Waals surface area contributed by atoms with Crippen LogP contribution in [-0.2, 0) is 4.79 Å². The van der Waals surface area contributed by atoms with E-state index >= 15 is 0 Å². The van der Waals surface area contributed by atoms with E-state index in [9.17, 15) is 4.79 Å². The fourth-order valence-corrected chi connectivity index (χ4v) is 2.72. The Morgan fingerprint density at radius 3 is 2.88 bits per heavy atom. The fraction of sp³-hybridized carbons (Fsp3) is 0.500. The van der Waals surface area contributed by atoms with Crippen LogP contribution in [-0.4, -0.2) is 28.5 Å². The van der Waals surface area contributed by atoms with Crippen molar-refractivity contribution in [1.29, 1.82) is 0 Å². The van der Waals surface area contributed by atoms with Gasteiger partial charge in [0.15, 0.2) is 0 Å². The number of nitrogens with zero attached hydrogens (tertiary/aromatic N) is 3. The van der Waals surface area contributed by atoms with E-state index in [2.05, 4.69) is 27.9 Å². The van der Waals surface area contributed by atoms with E-state index in [4.69, 9.17) is 5.21 Å². The zero-order valence-corrected chi connectivity index (χ0v) is 14.2. The summed E-state index contributed by atoms with van der Waals surface area (Å²) in [5.41, 5.74) is 1.67. The first-order chi connectivity index (χ1) is 11.7. The molecule has 130 valence electrons. The third kappa shape index (κ3) is 5.77. The SMILES string of the molecule is CC1C=CN=C(N(CCCCCCC(=O)NO)c2ccccn2)C1. The van der Waals surface area contributed by atoms with Gasteiger partial charge in [-0.1, -0.05) is 31.9 Å². The predicted molar refractivity (Wildman–Crippen MR) is 95.0 cm³/mol. The molecule has 0 fully saturated rings. The monoisotopic (exact) mass is 330 g/mol. The summed E-state index contributed by atoms with van der Waals surface area (Å²) in [4.78, 5) is 22.2. The Morgan fingerprint density at radius 1 is 1.33 bits per heavy atom. The highest BCUT2D eigenvalue weighted by Gasteiger charge is 2.18. The lowest BCUT2D eigenvalue weighted by Crippen LogP contribution is -2.34. The zero-order valence-electron chi connectivity index (χ0n) is 14.2. The van der Waals surface area contributed by atoms with Crippen molar-refractivity contribution in [2.45, 2.75) is 45.4 Å². The second kappa shape index (κ2) is 9.82. The fourth-order valence-electron chi connectivity index (χ4n) is 2.72. The maximum absolute atomic E-state index is 11.0. The molecule has 0 aliphatic carbocycles. The molecule has 0 saturated heterocycles. The molecular weight excluding hydrogens is 304 g/mol. The van der Waals surface area contributed by atoms with Crippen LogP contribution in [0.5, 0.6) is 0 Å². The number of hydroxylamine groups is 1. The van der Waals surface area contributed by atoms with Gasteiger partial charge in [0.05, 0.1) is 0 Å². The Bertz CT molecular complexity index is 572. The van der Waals surface area contributed by atoms with E-state index in [-0.39, 0.29) is 5.91 Å². The minimum Gasteiger partial charge on any atom is -0.315 e. The van der Waals surface area contributed by atoms with Gasteiger partial charge in [0.1, 0.15) is 11.7 Å². The molecule has 1 aliphatic heterocycles. The molecule has 2 N–H and O–H groups in total. The van der Waals surface area contributed by atoms with Gasteiger partial charge in [-0.25, -0.2) is 15.5 Å². The summed E-state index contributed by atoms with van der Waals surface area (Å²) >= 11 is 0. The largest absolute Gasteiger partial charge is 0.315 e. The number of amidine groups is 1. The molecule has 0 spiro atoms. The first-order valence-corrected chi connectivity index (χ1v) is 8.55. The van der Waals surface area contributed by atoms with Gasteiger partial charge in [0.25, 0.3) is 0 Å². The van der Waals surface area contributed by atoms with Gasteiger partial charge >= 0.3 is 0 Å². The van der Waals surface area contributed by atoms with Crippen molar-refractivity contribution in [3.8, 4) is 0 Å². The molecule has 0 aromatic carbocycles. The molecule has 6 nitrogen and oxygen atoms in total. The Morgan fingerprint density at radius 2 is 2.17 bits per heavy atom. The lowest BCUT2D eigenvalue weighted by molar-refractivity contribution is -0.129. The standard InChI is InChI=1S/C18H26N4O2/c1-15-10-12-20-17(14-15)22(16-8-5-6-11-19-16)13-7-3-2-4-9-18(23)21-24/h5-6,8,10-12,15,24H,2-4,7,9,13-14H2,1H3,(H,21,23). The molecule has 0 radical (unpaired) electrons. The van der Waals surface area contributed by atoms with Crippen LogP contribution in [0.3, 0.4) is 0 Å². The molecule has 1 aromatic heterocycles. The molecular formula is C18H26N4O2. The van der Waals surface area contributed by atoms with E-state index in [0.717, 1.165) is 50.3 Å². The van der Waals surface area contributed by atoms with Crippen molar-refractivity contribution in [2.75, 3.05) is 11.4 Å². The number of amides is 1. The molecule has 1 aromatic rings. The van der Waals surface area contributed by atoms with Gasteiger partial charge in [0.2, 0.25) is 5.91 Å². The van der Waals surface area contributed by atoms with Crippen molar-refractivity contribution < 1.29 is 10.0 Å². The van der Waals surface area contributed by atoms with Crippen LogP contribution in [0.2, 0.25) is 0 Å². The molecule has 6 heteroatoms. The summed E-state index contributed by atoms with van der Waals surface area (Å²) in [6.45, 7) is 3.05. The highest BCUT2D eigenvalue weighted by molar-refractivity contribution is 5.98. The maximum atomic E-state index is 11.0. The summed E-state index contributed by atoms with van der Waals surface area (Å²) in [5.74, 6) is 2.16. The molecule has 1 amide bonds. The molecule has 1 unspecified atom stereocenters. The number of aromatic nitrogens is 1. The number of hydrogen-bond donors (Lipinski definition) is 2. The number of rotatable bonds is 8. The smallest absolute Gasteiger partial charge is 0.243 e. The summed E-state index contributed by atoms with van der Waals surface area (Å²) < 4.78 is 0. The lowest BCUT2D eigenvalue weighted by Gasteiger charge is -2.27. The van der Waals surface area contributed by atoms with Crippen LogP contribution in [0, 0.1) is 5.92 Å². The van der Waals surface area contributed by atoms with Crippen LogP contribution >= 0.6 is 0 Å². The highest BCUT2D eigenvalue weighted by Crippen LogP contribution is 2.19. The van der Waals surface area contributed by atoms with E-state index in [0.29, 0.717) is 12.3 Å². The van der Waals surface area contributed by atoms with Crippen LogP contribution in [0.1, 0.15) is 45.4 Å². The number of carbonyl (C=O) groups excluding carboxylic acids is 1. The highest BCUT2D eigenvalue weighted by atomic mass is 16.5. The number of hydrogen-bond acceptors (Lipinski definition) is 5. The number of aliphatic imine (C=N–C) groups is 1. The van der Waals surface area contributed by atoms with Crippen LogP contribution < -0.4 is 10.4 Å². The van der Waals surface area contributed by atoms with Gasteiger partial charge in [0, 0.05) is 31.8 Å². The van der Waals surface area contributed by atoms with Crippen molar-refractivity contribution in [3.05, 3.63) is 36.7 Å². The molecule has 0 bridgehead atoms. The van der Waals surface area contributed by atoms with Gasteiger partial charge in [-0.2, -0.15) is 0 Å². The average Bonchev–Trinajstić information content (AvgIpc) is 2.61. The number of pyridine rings is 1. The lowest BCUT2D eigenvalue weighted by atomic mass is 10.0. The molecule has 0 saturated carbocycles. The van der Waals surface area contributed by atoms with Crippen LogP contribution in [0.15, 0.2) is 41.7 Å². The van der Waals surface area contributed by atoms with Gasteiger partial charge in [-0.15, -0.1) is 0 Å². The molecule has 24 heavy (non-hydrogen) atoms. The van der Waals surface area contributed by atoms with E-state index in [1.54, 1.807) is 11.7 Å². The average molecular weight is 330 g/mol. The number of nitrogens with one attached hydrogen (secondary N) is 1. The van der Waals surface area contributed by atoms with Crippen molar-refractivity contribution in [1.82, 2.24) is 10.5 Å². The second-order valence-corrected chi connectivity index (χ2v) is 6.11. The van der Waals surface area contributed by atoms with E-state index in [1.165, 1.54) is 0 Å². The minimum atomic E-state index is -0.317. The zero-order chi connectivity index (χ0) is 17.2. The first-order valence-electron chi connectivity index (χ1n) is 8.55. The summed E-state index contributed by atoms with van der Waals surface area (Å²) in [7, 11) is 0. The number of carbonyl (C=O) groups is 1. The Labute approximate surface area is 143 Å². The van der Waals surface area contributed by atoms with Gasteiger partial charge in [-0.05, 0) is 30.9 Å².